The summed E-state index contributed by atoms with van der Waals surface area (Å²) in [7, 11) is 0. The summed E-state index contributed by atoms with van der Waals surface area (Å²) in [6.45, 7) is 4.55. The fourth-order valence-electron chi connectivity index (χ4n) is 4.92. The van der Waals surface area contributed by atoms with Crippen molar-refractivity contribution in [1.29, 1.82) is 0 Å². The van der Waals surface area contributed by atoms with Crippen LogP contribution in [-0.4, -0.2) is 20.7 Å². The van der Waals surface area contributed by atoms with Gasteiger partial charge in [0, 0.05) is 16.5 Å². The maximum absolute atomic E-state index is 13.7. The molecule has 9 heteroatoms. The van der Waals surface area contributed by atoms with Crippen LogP contribution in [0.15, 0.2) is 120 Å². The number of nitrogens with one attached hydrogen (secondary N) is 1. The molecular formula is C35H31ClN4O3S. The Balaban J connectivity index is 1.27. The average Bonchev–Trinajstić information content (AvgIpc) is 3.45. The van der Waals surface area contributed by atoms with Crippen molar-refractivity contribution in [2.75, 3.05) is 5.32 Å². The molecule has 44 heavy (non-hydrogen) atoms. The largest absolute Gasteiger partial charge is 0.489 e. The maximum Gasteiger partial charge on any atom is 0.338 e. The van der Waals surface area contributed by atoms with Crippen LogP contribution in [0.5, 0.6) is 5.75 Å². The molecule has 1 aromatic heterocycles. The lowest BCUT2D eigenvalue weighted by molar-refractivity contribution is -0.140. The molecule has 1 aliphatic rings. The first-order valence-electron chi connectivity index (χ1n) is 14.2. The van der Waals surface area contributed by atoms with Crippen molar-refractivity contribution in [3.05, 3.63) is 147 Å². The highest BCUT2D eigenvalue weighted by Gasteiger charge is 2.35. The molecule has 0 saturated heterocycles. The van der Waals surface area contributed by atoms with Crippen LogP contribution >= 0.6 is 23.4 Å². The van der Waals surface area contributed by atoms with Gasteiger partial charge in [-0.1, -0.05) is 114 Å². The number of aromatic nitrogens is 3. The number of carbonyl (C=O) groups is 1. The molecule has 1 atom stereocenters. The summed E-state index contributed by atoms with van der Waals surface area (Å²) in [4.78, 5) is 18.4. The summed E-state index contributed by atoms with van der Waals surface area (Å²) in [5, 5.41) is 9.38. The van der Waals surface area contributed by atoms with Crippen LogP contribution in [0.2, 0.25) is 5.02 Å². The van der Waals surface area contributed by atoms with Gasteiger partial charge in [-0.15, -0.1) is 5.10 Å². The molecule has 5 aromatic rings. The number of benzene rings is 4. The zero-order valence-electron chi connectivity index (χ0n) is 24.4. The van der Waals surface area contributed by atoms with E-state index in [9.17, 15) is 4.79 Å². The molecule has 0 fully saturated rings. The summed E-state index contributed by atoms with van der Waals surface area (Å²) < 4.78 is 13.6. The van der Waals surface area contributed by atoms with E-state index in [-0.39, 0.29) is 6.61 Å². The number of hydrogen-bond donors (Lipinski definition) is 1. The van der Waals surface area contributed by atoms with E-state index in [2.05, 4.69) is 36.5 Å². The first-order chi connectivity index (χ1) is 21.4. The number of thioether (sulfide) groups is 1. The Labute approximate surface area is 265 Å². The van der Waals surface area contributed by atoms with E-state index in [4.69, 9.17) is 31.2 Å². The van der Waals surface area contributed by atoms with E-state index in [0.717, 1.165) is 28.0 Å². The van der Waals surface area contributed by atoms with Gasteiger partial charge in [0.05, 0.1) is 5.57 Å². The van der Waals surface area contributed by atoms with Crippen LogP contribution in [0.25, 0.3) is 0 Å². The Kier molecular flexibility index (Phi) is 9.00. The number of ether oxygens (including phenoxy) is 2. The SMILES string of the molecule is CC1=C(C(=O)OCc2ccccc2)C(c2ccc(OCc3ccc(C)cc3)cc2)n2nc(SCc3ccccc3Cl)nc2N1. The number of carbonyl (C=O) groups excluding carboxylic acids is 1. The summed E-state index contributed by atoms with van der Waals surface area (Å²) in [5.74, 6) is 1.47. The van der Waals surface area contributed by atoms with Crippen LogP contribution in [-0.2, 0) is 28.5 Å². The molecule has 1 aliphatic heterocycles. The quantitative estimate of drug-likeness (QED) is 0.124. The number of halogens is 1. The van der Waals surface area contributed by atoms with Gasteiger partial charge >= 0.3 is 5.97 Å². The third kappa shape index (κ3) is 6.82. The van der Waals surface area contributed by atoms with Gasteiger partial charge in [-0.05, 0) is 54.3 Å². The topological polar surface area (TPSA) is 78.3 Å². The fraction of sp³-hybridized carbons (Fsp3) is 0.171. The Morgan fingerprint density at radius 3 is 2.34 bits per heavy atom. The minimum absolute atomic E-state index is 0.165. The molecule has 0 radical (unpaired) electrons. The van der Waals surface area contributed by atoms with E-state index in [1.54, 1.807) is 4.68 Å². The van der Waals surface area contributed by atoms with Gasteiger partial charge in [-0.2, -0.15) is 4.98 Å². The molecule has 0 bridgehead atoms. The lowest BCUT2D eigenvalue weighted by Gasteiger charge is -2.28. The third-order valence-corrected chi connectivity index (χ3v) is 8.56. The Morgan fingerprint density at radius 1 is 0.886 bits per heavy atom. The number of anilines is 1. The minimum atomic E-state index is -0.553. The number of aryl methyl sites for hydroxylation is 1. The van der Waals surface area contributed by atoms with E-state index < -0.39 is 12.0 Å². The number of hydrogen-bond acceptors (Lipinski definition) is 7. The van der Waals surface area contributed by atoms with Crippen molar-refractivity contribution in [2.45, 2.75) is 44.0 Å². The van der Waals surface area contributed by atoms with Crippen LogP contribution in [0.1, 0.15) is 40.8 Å². The number of nitrogens with zero attached hydrogens (tertiary/aromatic N) is 3. The smallest absolute Gasteiger partial charge is 0.338 e. The minimum Gasteiger partial charge on any atom is -0.489 e. The highest BCUT2D eigenvalue weighted by Crippen LogP contribution is 2.38. The molecule has 4 aromatic carbocycles. The van der Waals surface area contributed by atoms with Crippen LogP contribution in [0, 0.1) is 6.92 Å². The van der Waals surface area contributed by atoms with Gasteiger partial charge < -0.3 is 14.8 Å². The van der Waals surface area contributed by atoms with Gasteiger partial charge in [-0.25, -0.2) is 9.48 Å². The Bertz CT molecular complexity index is 1790. The van der Waals surface area contributed by atoms with Crippen LogP contribution < -0.4 is 10.1 Å². The summed E-state index contributed by atoms with van der Waals surface area (Å²) >= 11 is 7.86. The van der Waals surface area contributed by atoms with E-state index in [0.29, 0.717) is 39.8 Å². The Morgan fingerprint density at radius 2 is 1.59 bits per heavy atom. The molecule has 2 heterocycles. The molecule has 0 amide bonds. The van der Waals surface area contributed by atoms with Crippen molar-refractivity contribution in [1.82, 2.24) is 14.8 Å². The van der Waals surface area contributed by atoms with Crippen molar-refractivity contribution in [2.24, 2.45) is 0 Å². The molecule has 0 aliphatic carbocycles. The summed E-state index contributed by atoms with van der Waals surface area (Å²) in [6, 6.07) is 32.8. The van der Waals surface area contributed by atoms with Gasteiger partial charge in [0.15, 0.2) is 0 Å². The number of allylic oxidation sites excluding steroid dienone is 1. The zero-order valence-corrected chi connectivity index (χ0v) is 25.9. The van der Waals surface area contributed by atoms with Crippen molar-refractivity contribution in [3.8, 4) is 5.75 Å². The monoisotopic (exact) mass is 622 g/mol. The third-order valence-electron chi connectivity index (χ3n) is 7.30. The molecular weight excluding hydrogens is 592 g/mol. The molecule has 7 nitrogen and oxygen atoms in total. The first kappa shape index (κ1) is 29.5. The number of rotatable bonds is 10. The summed E-state index contributed by atoms with van der Waals surface area (Å²) in [6.07, 6.45) is 0. The van der Waals surface area contributed by atoms with Gasteiger partial charge in [0.25, 0.3) is 0 Å². The van der Waals surface area contributed by atoms with Crippen molar-refractivity contribution in [3.63, 3.8) is 0 Å². The zero-order chi connectivity index (χ0) is 30.5. The highest BCUT2D eigenvalue weighted by molar-refractivity contribution is 7.98. The summed E-state index contributed by atoms with van der Waals surface area (Å²) in [5.41, 5.74) is 6.19. The molecule has 1 N–H and O–H groups in total. The number of esters is 1. The van der Waals surface area contributed by atoms with Gasteiger partial charge in [0.1, 0.15) is 25.0 Å². The van der Waals surface area contributed by atoms with Crippen molar-refractivity contribution >= 4 is 35.3 Å². The van der Waals surface area contributed by atoms with Crippen LogP contribution in [0.4, 0.5) is 5.95 Å². The van der Waals surface area contributed by atoms with Crippen molar-refractivity contribution < 1.29 is 14.3 Å². The standard InChI is InChI=1S/C35H31ClN4O3S/c1-23-12-14-26(15-13-23)20-42-29-18-16-27(17-19-29)32-31(33(41)43-21-25-8-4-3-5-9-25)24(2)37-34-38-35(39-40(32)34)44-22-28-10-6-7-11-30(28)36/h3-19,32H,20-22H2,1-2H3,(H,37,38,39). The molecule has 0 spiro atoms. The lowest BCUT2D eigenvalue weighted by Crippen LogP contribution is -2.29. The lowest BCUT2D eigenvalue weighted by atomic mass is 9.95. The van der Waals surface area contributed by atoms with Gasteiger partial charge in [0.2, 0.25) is 11.1 Å². The normalized spacial score (nSPS) is 14.1. The predicted octanol–water partition coefficient (Wildman–Crippen LogP) is 8.14. The van der Waals surface area contributed by atoms with E-state index in [1.807, 2.05) is 85.8 Å². The van der Waals surface area contributed by atoms with Gasteiger partial charge in [-0.3, -0.25) is 0 Å². The molecule has 1 unspecified atom stereocenters. The first-order valence-corrected chi connectivity index (χ1v) is 15.6. The fourth-order valence-corrected chi connectivity index (χ4v) is 6.04. The second-order valence-corrected chi connectivity index (χ2v) is 11.9. The molecule has 222 valence electrons. The second-order valence-electron chi connectivity index (χ2n) is 10.5. The van der Waals surface area contributed by atoms with E-state index >= 15 is 0 Å². The highest BCUT2D eigenvalue weighted by atomic mass is 35.5. The number of fused-ring (bicyclic) bond motifs is 1. The Hall–Kier alpha value is -4.53. The maximum atomic E-state index is 13.7. The average molecular weight is 623 g/mol. The second kappa shape index (κ2) is 13.4. The van der Waals surface area contributed by atoms with E-state index in [1.165, 1.54) is 17.3 Å². The molecule has 0 saturated carbocycles. The molecule has 6 rings (SSSR count). The predicted molar refractivity (Wildman–Crippen MR) is 174 cm³/mol. The van der Waals surface area contributed by atoms with Crippen LogP contribution in [0.3, 0.4) is 0 Å².